The molecule has 0 amide bonds. The topological polar surface area (TPSA) is 12.0 Å². The van der Waals surface area contributed by atoms with Crippen LogP contribution in [-0.4, -0.2) is 10.9 Å². The van der Waals surface area contributed by atoms with Crippen LogP contribution in [0, 0.1) is 3.57 Å². The lowest BCUT2D eigenvalue weighted by molar-refractivity contribution is 0.378. The molecule has 1 aromatic carbocycles. The quantitative estimate of drug-likeness (QED) is 0.601. The van der Waals surface area contributed by atoms with Gasteiger partial charge >= 0.3 is 0 Å². The van der Waals surface area contributed by atoms with Gasteiger partial charge in [-0.1, -0.05) is 28.1 Å². The molecular weight excluding hydrogens is 365 g/mol. The maximum Gasteiger partial charge on any atom is 0.0210 e. The summed E-state index contributed by atoms with van der Waals surface area (Å²) in [6, 6.07) is 8.65. The van der Waals surface area contributed by atoms with Gasteiger partial charge in [-0.05, 0) is 60.6 Å². The Bertz CT molecular complexity index is 295. The minimum Gasteiger partial charge on any atom is -0.308 e. The first-order chi connectivity index (χ1) is 7.03. The van der Waals surface area contributed by atoms with Gasteiger partial charge in [-0.15, -0.1) is 0 Å². The third kappa shape index (κ3) is 5.31. The average molecular weight is 382 g/mol. The maximum atomic E-state index is 3.56. The van der Waals surface area contributed by atoms with Crippen LogP contribution in [0.15, 0.2) is 24.3 Å². The monoisotopic (exact) mass is 381 g/mol. The van der Waals surface area contributed by atoms with E-state index in [4.69, 9.17) is 0 Å². The minimum atomic E-state index is 0.201. The third-order valence-electron chi connectivity index (χ3n) is 2.40. The van der Waals surface area contributed by atoms with Gasteiger partial charge in [0.15, 0.2) is 0 Å². The second kappa shape index (κ2) is 6.21. The maximum absolute atomic E-state index is 3.56. The molecule has 0 aliphatic heterocycles. The number of hydrogen-bond acceptors (Lipinski definition) is 1. The first kappa shape index (κ1) is 13.5. The highest BCUT2D eigenvalue weighted by Crippen LogP contribution is 2.12. The summed E-state index contributed by atoms with van der Waals surface area (Å²) in [7, 11) is 0. The van der Waals surface area contributed by atoms with Crippen LogP contribution in [0.2, 0.25) is 0 Å². The van der Waals surface area contributed by atoms with Crippen molar-refractivity contribution in [3.8, 4) is 0 Å². The van der Waals surface area contributed by atoms with E-state index in [1.807, 2.05) is 0 Å². The molecule has 0 radical (unpaired) electrons. The summed E-state index contributed by atoms with van der Waals surface area (Å²) in [5.74, 6) is 0. The molecule has 0 bridgehead atoms. The molecule has 0 heterocycles. The summed E-state index contributed by atoms with van der Waals surface area (Å²) in [6.45, 7) is 5.42. The van der Waals surface area contributed by atoms with Crippen molar-refractivity contribution < 1.29 is 0 Å². The van der Waals surface area contributed by atoms with E-state index < -0.39 is 0 Å². The second-order valence-electron chi connectivity index (χ2n) is 4.30. The lowest BCUT2D eigenvalue weighted by Gasteiger charge is -2.25. The molecule has 1 N–H and O–H groups in total. The fourth-order valence-electron chi connectivity index (χ4n) is 1.27. The number of nitrogens with one attached hydrogen (secondary N) is 1. The molecule has 0 fully saturated rings. The van der Waals surface area contributed by atoms with E-state index in [-0.39, 0.29) is 5.54 Å². The fourth-order valence-corrected chi connectivity index (χ4v) is 2.62. The number of alkyl halides is 1. The predicted octanol–water partition coefficient (Wildman–Crippen LogP) is 3.94. The van der Waals surface area contributed by atoms with Crippen LogP contribution in [0.4, 0.5) is 0 Å². The molecule has 1 rings (SSSR count). The van der Waals surface area contributed by atoms with Gasteiger partial charge < -0.3 is 5.32 Å². The van der Waals surface area contributed by atoms with Gasteiger partial charge in [0.2, 0.25) is 0 Å². The minimum absolute atomic E-state index is 0.201. The number of benzene rings is 1. The Kier molecular flexibility index (Phi) is 5.57. The second-order valence-corrected chi connectivity index (χ2v) is 6.34. The molecule has 1 aromatic rings. The van der Waals surface area contributed by atoms with Crippen LogP contribution in [0.1, 0.15) is 25.8 Å². The summed E-state index contributed by atoms with van der Waals surface area (Å²) in [5, 5.41) is 4.60. The highest BCUT2D eigenvalue weighted by molar-refractivity contribution is 14.1. The van der Waals surface area contributed by atoms with Crippen LogP contribution in [0.25, 0.3) is 0 Å². The smallest absolute Gasteiger partial charge is 0.0210 e. The molecule has 0 unspecified atom stereocenters. The summed E-state index contributed by atoms with van der Waals surface area (Å²) in [4.78, 5) is 0. The Morgan fingerprint density at radius 3 is 2.40 bits per heavy atom. The standard InChI is InChI=1S/C12H17BrIN/c1-12(2,7-8-13)15-9-10-3-5-11(14)6-4-10/h3-6,15H,7-9H2,1-2H3. The molecule has 84 valence electrons. The lowest BCUT2D eigenvalue weighted by atomic mass is 10.0. The summed E-state index contributed by atoms with van der Waals surface area (Å²) in [6.07, 6.45) is 1.14. The molecule has 0 aliphatic rings. The number of rotatable bonds is 5. The third-order valence-corrected chi connectivity index (χ3v) is 3.52. The summed E-state index contributed by atoms with van der Waals surface area (Å²) >= 11 is 5.81. The van der Waals surface area contributed by atoms with Gasteiger partial charge in [-0.2, -0.15) is 0 Å². The lowest BCUT2D eigenvalue weighted by Crippen LogP contribution is -2.38. The average Bonchev–Trinajstić information content (AvgIpc) is 2.17. The SMILES string of the molecule is CC(C)(CCBr)NCc1ccc(I)cc1. The van der Waals surface area contributed by atoms with Gasteiger partial charge in [-0.3, -0.25) is 0 Å². The zero-order valence-electron chi connectivity index (χ0n) is 9.19. The van der Waals surface area contributed by atoms with Gasteiger partial charge in [0.05, 0.1) is 0 Å². The fraction of sp³-hybridized carbons (Fsp3) is 0.500. The van der Waals surface area contributed by atoms with Crippen molar-refractivity contribution in [2.45, 2.75) is 32.4 Å². The van der Waals surface area contributed by atoms with Gasteiger partial charge in [0.1, 0.15) is 0 Å². The van der Waals surface area contributed by atoms with Crippen LogP contribution in [-0.2, 0) is 6.54 Å². The van der Waals surface area contributed by atoms with Crippen molar-refractivity contribution >= 4 is 38.5 Å². The van der Waals surface area contributed by atoms with E-state index in [9.17, 15) is 0 Å². The molecule has 1 nitrogen and oxygen atoms in total. The van der Waals surface area contributed by atoms with Crippen molar-refractivity contribution in [3.63, 3.8) is 0 Å². The normalized spacial score (nSPS) is 11.7. The van der Waals surface area contributed by atoms with Crippen LogP contribution < -0.4 is 5.32 Å². The Balaban J connectivity index is 2.46. The Morgan fingerprint density at radius 1 is 1.27 bits per heavy atom. The summed E-state index contributed by atoms with van der Waals surface area (Å²) < 4.78 is 1.29. The Labute approximate surface area is 114 Å². The zero-order chi connectivity index (χ0) is 11.3. The largest absolute Gasteiger partial charge is 0.308 e. The first-order valence-electron chi connectivity index (χ1n) is 5.09. The van der Waals surface area contributed by atoms with E-state index in [0.717, 1.165) is 18.3 Å². The summed E-state index contributed by atoms with van der Waals surface area (Å²) in [5.41, 5.74) is 1.55. The molecule has 0 aromatic heterocycles. The van der Waals surface area contributed by atoms with E-state index in [2.05, 4.69) is 82.0 Å². The van der Waals surface area contributed by atoms with E-state index in [0.29, 0.717) is 0 Å². The molecule has 0 saturated carbocycles. The molecule has 0 atom stereocenters. The van der Waals surface area contributed by atoms with Crippen LogP contribution in [0.5, 0.6) is 0 Å². The molecule has 15 heavy (non-hydrogen) atoms. The van der Waals surface area contributed by atoms with E-state index in [1.54, 1.807) is 0 Å². The predicted molar refractivity (Wildman–Crippen MR) is 78.5 cm³/mol. The molecular formula is C12H17BrIN. The van der Waals surface area contributed by atoms with Crippen molar-refractivity contribution in [2.75, 3.05) is 5.33 Å². The van der Waals surface area contributed by atoms with Crippen LogP contribution >= 0.6 is 38.5 Å². The van der Waals surface area contributed by atoms with Crippen molar-refractivity contribution in [2.24, 2.45) is 0 Å². The molecule has 0 spiro atoms. The highest BCUT2D eigenvalue weighted by atomic mass is 127. The van der Waals surface area contributed by atoms with Gasteiger partial charge in [0, 0.05) is 21.0 Å². The molecule has 0 aliphatic carbocycles. The molecule has 3 heteroatoms. The number of halogens is 2. The first-order valence-corrected chi connectivity index (χ1v) is 7.29. The van der Waals surface area contributed by atoms with Crippen molar-refractivity contribution in [1.29, 1.82) is 0 Å². The van der Waals surface area contributed by atoms with E-state index >= 15 is 0 Å². The van der Waals surface area contributed by atoms with E-state index in [1.165, 1.54) is 9.13 Å². The Hall–Kier alpha value is 0.390. The highest BCUT2D eigenvalue weighted by Gasteiger charge is 2.15. The Morgan fingerprint density at radius 2 is 1.87 bits per heavy atom. The van der Waals surface area contributed by atoms with Crippen molar-refractivity contribution in [3.05, 3.63) is 33.4 Å². The van der Waals surface area contributed by atoms with Gasteiger partial charge in [0.25, 0.3) is 0 Å². The van der Waals surface area contributed by atoms with Crippen molar-refractivity contribution in [1.82, 2.24) is 5.32 Å². The van der Waals surface area contributed by atoms with Gasteiger partial charge in [-0.25, -0.2) is 0 Å². The molecule has 0 saturated heterocycles. The van der Waals surface area contributed by atoms with Crippen LogP contribution in [0.3, 0.4) is 0 Å². The zero-order valence-corrected chi connectivity index (χ0v) is 12.9. The number of hydrogen-bond donors (Lipinski definition) is 1.